The largest absolute Gasteiger partial charge is 0.393 e. The molecule has 2 aromatic heterocycles. The van der Waals surface area contributed by atoms with E-state index in [1.54, 1.807) is 13.3 Å². The highest BCUT2D eigenvalue weighted by Crippen LogP contribution is 2.34. The zero-order valence-electron chi connectivity index (χ0n) is 20.7. The predicted octanol–water partition coefficient (Wildman–Crippen LogP) is 7.27. The van der Waals surface area contributed by atoms with Crippen LogP contribution >= 0.6 is 11.3 Å². The van der Waals surface area contributed by atoms with E-state index in [0.29, 0.717) is 5.56 Å². The Balaban J connectivity index is 1.70. The van der Waals surface area contributed by atoms with Crippen molar-refractivity contribution in [3.05, 3.63) is 99.7 Å². The molecule has 180 valence electrons. The summed E-state index contributed by atoms with van der Waals surface area (Å²) < 4.78 is 2.23. The topological polar surface area (TPSA) is 55.9 Å². The molecule has 2 heterocycles. The number of rotatable bonds is 7. The van der Waals surface area contributed by atoms with Crippen LogP contribution in [0.3, 0.4) is 0 Å². The van der Waals surface area contributed by atoms with Gasteiger partial charge in [0, 0.05) is 34.8 Å². The number of aliphatic imine (C=N–C) groups is 1. The number of hydrogen-bond acceptors (Lipinski definition) is 5. The van der Waals surface area contributed by atoms with E-state index in [1.165, 1.54) is 11.3 Å². The normalized spacial score (nSPS) is 12.3. The molecule has 0 atom stereocenters. The summed E-state index contributed by atoms with van der Waals surface area (Å²) in [6.45, 7) is 5.90. The number of fused-ring (bicyclic) bond motifs is 3. The molecular formula is C30H27N3O2S. The first kappa shape index (κ1) is 23.7. The molecule has 0 aliphatic carbocycles. The molecule has 0 saturated carbocycles. The molecule has 0 aliphatic heterocycles. The van der Waals surface area contributed by atoms with E-state index in [2.05, 4.69) is 51.1 Å². The maximum Gasteiger partial charge on any atom is 0.202 e. The summed E-state index contributed by atoms with van der Waals surface area (Å²) in [5.41, 5.74) is 6.83. The van der Waals surface area contributed by atoms with Crippen LogP contribution in [0.1, 0.15) is 47.1 Å². The SMILES string of the molecule is C/N=C(\C)c1ccc(-n2c3ccc(/C=N\OC(C)C)cc3c3cc(C(=O)c4cccs4)ccc32)cc1. The van der Waals surface area contributed by atoms with E-state index in [9.17, 15) is 4.79 Å². The number of hydrogen-bond donors (Lipinski definition) is 0. The second-order valence-electron chi connectivity index (χ2n) is 8.89. The maximum atomic E-state index is 13.1. The van der Waals surface area contributed by atoms with Crippen LogP contribution in [0.25, 0.3) is 27.5 Å². The van der Waals surface area contributed by atoms with Crippen LogP contribution in [0, 0.1) is 0 Å². The monoisotopic (exact) mass is 493 g/mol. The fourth-order valence-electron chi connectivity index (χ4n) is 4.28. The second-order valence-corrected chi connectivity index (χ2v) is 9.84. The fraction of sp³-hybridized carbons (Fsp3) is 0.167. The van der Waals surface area contributed by atoms with Gasteiger partial charge in [0.1, 0.15) is 6.10 Å². The lowest BCUT2D eigenvalue weighted by atomic mass is 10.0. The summed E-state index contributed by atoms with van der Waals surface area (Å²) in [6.07, 6.45) is 1.74. The van der Waals surface area contributed by atoms with E-state index in [0.717, 1.165) is 49.2 Å². The third-order valence-electron chi connectivity index (χ3n) is 6.15. The minimum Gasteiger partial charge on any atom is -0.393 e. The first-order valence-corrected chi connectivity index (χ1v) is 12.7. The smallest absolute Gasteiger partial charge is 0.202 e. The van der Waals surface area contributed by atoms with Crippen LogP contribution in [-0.4, -0.2) is 35.4 Å². The first-order valence-electron chi connectivity index (χ1n) is 11.9. The third kappa shape index (κ3) is 4.48. The second kappa shape index (κ2) is 9.91. The quantitative estimate of drug-likeness (QED) is 0.136. The van der Waals surface area contributed by atoms with Gasteiger partial charge >= 0.3 is 0 Å². The number of thiophene rings is 1. The molecule has 0 bridgehead atoms. The van der Waals surface area contributed by atoms with E-state index in [1.807, 2.05) is 62.5 Å². The number of benzene rings is 3. The van der Waals surface area contributed by atoms with Gasteiger partial charge in [-0.2, -0.15) is 0 Å². The van der Waals surface area contributed by atoms with Gasteiger partial charge in [-0.15, -0.1) is 11.3 Å². The molecule has 0 amide bonds. The van der Waals surface area contributed by atoms with E-state index < -0.39 is 0 Å². The zero-order valence-corrected chi connectivity index (χ0v) is 21.5. The summed E-state index contributed by atoms with van der Waals surface area (Å²) in [6, 6.07) is 24.4. The fourth-order valence-corrected chi connectivity index (χ4v) is 4.97. The zero-order chi connectivity index (χ0) is 25.2. The number of ketones is 1. The summed E-state index contributed by atoms with van der Waals surface area (Å²) in [7, 11) is 1.80. The van der Waals surface area contributed by atoms with Crippen LogP contribution in [0.4, 0.5) is 0 Å². The average Bonchev–Trinajstić information content (AvgIpc) is 3.54. The van der Waals surface area contributed by atoms with Gasteiger partial charge < -0.3 is 9.40 Å². The van der Waals surface area contributed by atoms with E-state index in [4.69, 9.17) is 4.84 Å². The molecule has 0 N–H and O–H groups in total. The number of oxime groups is 1. The minimum absolute atomic E-state index is 0.0158. The lowest BCUT2D eigenvalue weighted by molar-refractivity contribution is 0.0873. The Hall–Kier alpha value is -4.03. The highest BCUT2D eigenvalue weighted by molar-refractivity contribution is 7.12. The Bertz CT molecular complexity index is 1610. The van der Waals surface area contributed by atoms with Crippen molar-refractivity contribution >= 4 is 50.9 Å². The lowest BCUT2D eigenvalue weighted by Gasteiger charge is -2.09. The Labute approximate surface area is 214 Å². The number of nitrogens with zero attached hydrogens (tertiary/aromatic N) is 3. The number of carbonyl (C=O) groups is 1. The van der Waals surface area contributed by atoms with Crippen LogP contribution in [0.5, 0.6) is 0 Å². The number of carbonyl (C=O) groups excluding carboxylic acids is 1. The van der Waals surface area contributed by atoms with Crippen molar-refractivity contribution in [1.29, 1.82) is 0 Å². The Kier molecular flexibility index (Phi) is 6.53. The summed E-state index contributed by atoms with van der Waals surface area (Å²) in [5, 5.41) is 8.11. The molecule has 5 nitrogen and oxygen atoms in total. The molecule has 36 heavy (non-hydrogen) atoms. The van der Waals surface area contributed by atoms with Gasteiger partial charge in [0.2, 0.25) is 5.78 Å². The minimum atomic E-state index is 0.0158. The van der Waals surface area contributed by atoms with Crippen molar-refractivity contribution in [3.63, 3.8) is 0 Å². The Morgan fingerprint density at radius 3 is 2.31 bits per heavy atom. The van der Waals surface area contributed by atoms with Crippen molar-refractivity contribution in [3.8, 4) is 5.69 Å². The van der Waals surface area contributed by atoms with E-state index >= 15 is 0 Å². The number of aromatic nitrogens is 1. The van der Waals surface area contributed by atoms with Gasteiger partial charge in [0.05, 0.1) is 22.1 Å². The van der Waals surface area contributed by atoms with E-state index in [-0.39, 0.29) is 11.9 Å². The standard InChI is InChI=1S/C30H27N3O2S/c1-19(2)35-32-18-21-7-13-27-25(16-21)26-17-23(30(34)29-6-5-15-36-29)10-14-28(26)33(27)24-11-8-22(9-12-24)20(3)31-4/h5-19H,1-4H3/b31-20+,32-18-. The van der Waals surface area contributed by atoms with Gasteiger partial charge in [0.15, 0.2) is 0 Å². The molecule has 5 aromatic rings. The van der Waals surface area contributed by atoms with Gasteiger partial charge in [0.25, 0.3) is 0 Å². The maximum absolute atomic E-state index is 13.1. The van der Waals surface area contributed by atoms with Crippen LogP contribution in [-0.2, 0) is 4.84 Å². The van der Waals surface area contributed by atoms with Crippen molar-refractivity contribution < 1.29 is 9.63 Å². The molecule has 0 fully saturated rings. The van der Waals surface area contributed by atoms with Gasteiger partial charge in [-0.05, 0) is 85.8 Å². The van der Waals surface area contributed by atoms with Crippen LogP contribution in [0.2, 0.25) is 0 Å². The molecule has 6 heteroatoms. The molecule has 0 saturated heterocycles. The Morgan fingerprint density at radius 1 is 0.944 bits per heavy atom. The van der Waals surface area contributed by atoms with Crippen LogP contribution < -0.4 is 0 Å². The summed E-state index contributed by atoms with van der Waals surface area (Å²) in [5.74, 6) is 0.0366. The third-order valence-corrected chi connectivity index (χ3v) is 7.02. The van der Waals surface area contributed by atoms with Gasteiger partial charge in [-0.1, -0.05) is 29.4 Å². The molecule has 3 aromatic carbocycles. The molecule has 5 rings (SSSR count). The molecule has 0 unspecified atom stereocenters. The van der Waals surface area contributed by atoms with Crippen molar-refractivity contribution in [2.24, 2.45) is 10.1 Å². The highest BCUT2D eigenvalue weighted by Gasteiger charge is 2.17. The molecular weight excluding hydrogens is 466 g/mol. The summed E-state index contributed by atoms with van der Waals surface area (Å²) >= 11 is 1.46. The first-order chi connectivity index (χ1) is 17.5. The van der Waals surface area contributed by atoms with Crippen molar-refractivity contribution in [1.82, 2.24) is 4.57 Å². The Morgan fingerprint density at radius 2 is 1.64 bits per heavy atom. The van der Waals surface area contributed by atoms with Crippen molar-refractivity contribution in [2.75, 3.05) is 7.05 Å². The van der Waals surface area contributed by atoms with Crippen LogP contribution in [0.15, 0.2) is 88.3 Å². The average molecular weight is 494 g/mol. The predicted molar refractivity (Wildman–Crippen MR) is 150 cm³/mol. The van der Waals surface area contributed by atoms with Gasteiger partial charge in [-0.25, -0.2) is 0 Å². The van der Waals surface area contributed by atoms with Gasteiger partial charge in [-0.3, -0.25) is 9.79 Å². The lowest BCUT2D eigenvalue weighted by Crippen LogP contribution is -1.99. The molecule has 0 radical (unpaired) electrons. The highest BCUT2D eigenvalue weighted by atomic mass is 32.1. The summed E-state index contributed by atoms with van der Waals surface area (Å²) in [4.78, 5) is 23.5. The molecule has 0 spiro atoms. The van der Waals surface area contributed by atoms with Crippen molar-refractivity contribution in [2.45, 2.75) is 26.9 Å². The molecule has 0 aliphatic rings.